The number of rotatable bonds is 4. The summed E-state index contributed by atoms with van der Waals surface area (Å²) in [5.74, 6) is 1.60. The number of aryl methyl sites for hydroxylation is 1. The quantitative estimate of drug-likeness (QED) is 0.920. The number of hydrogen-bond donors (Lipinski definition) is 1. The highest BCUT2D eigenvalue weighted by molar-refractivity contribution is 5.92. The van der Waals surface area contributed by atoms with Gasteiger partial charge in [0.15, 0.2) is 0 Å². The first kappa shape index (κ1) is 16.1. The van der Waals surface area contributed by atoms with Crippen molar-refractivity contribution in [2.75, 3.05) is 18.0 Å². The van der Waals surface area contributed by atoms with Crippen LogP contribution in [0.2, 0.25) is 0 Å². The summed E-state index contributed by atoms with van der Waals surface area (Å²) in [6.45, 7) is 1.80. The molecule has 2 fully saturated rings. The molecule has 2 aliphatic rings. The van der Waals surface area contributed by atoms with E-state index in [-0.39, 0.29) is 11.9 Å². The standard InChI is InChI=1S/C18H24N6O/c1-23-16(5-8-21-23)18(25)22-14-6-9-24(10-7-14)17-11-15(19-12-20-17)13-3-2-4-13/h5,8,11-14H,2-4,6-7,9-10H2,1H3,(H,22,25). The number of carbonyl (C=O) groups is 1. The molecule has 1 aliphatic carbocycles. The van der Waals surface area contributed by atoms with Gasteiger partial charge in [-0.2, -0.15) is 5.10 Å². The van der Waals surface area contributed by atoms with Gasteiger partial charge in [-0.1, -0.05) is 6.42 Å². The van der Waals surface area contributed by atoms with Crippen LogP contribution in [0.1, 0.15) is 54.2 Å². The van der Waals surface area contributed by atoms with Crippen LogP contribution in [0.25, 0.3) is 0 Å². The Bertz CT molecular complexity index is 746. The molecule has 1 saturated heterocycles. The second-order valence-electron chi connectivity index (χ2n) is 7.00. The first-order chi connectivity index (χ1) is 12.2. The molecule has 2 aromatic heterocycles. The first-order valence-corrected chi connectivity index (χ1v) is 9.06. The minimum atomic E-state index is -0.0484. The molecule has 2 aromatic rings. The van der Waals surface area contributed by atoms with E-state index in [0.717, 1.165) is 31.7 Å². The maximum atomic E-state index is 12.3. The zero-order chi connectivity index (χ0) is 17.2. The van der Waals surface area contributed by atoms with E-state index in [0.29, 0.717) is 11.6 Å². The van der Waals surface area contributed by atoms with E-state index in [1.807, 2.05) is 0 Å². The molecule has 3 heterocycles. The molecular weight excluding hydrogens is 316 g/mol. The highest BCUT2D eigenvalue weighted by Gasteiger charge is 2.25. The number of nitrogens with zero attached hydrogens (tertiary/aromatic N) is 5. The van der Waals surface area contributed by atoms with Crippen molar-refractivity contribution in [2.45, 2.75) is 44.1 Å². The topological polar surface area (TPSA) is 75.9 Å². The smallest absolute Gasteiger partial charge is 0.269 e. The van der Waals surface area contributed by atoms with Crippen LogP contribution < -0.4 is 10.2 Å². The van der Waals surface area contributed by atoms with Crippen LogP contribution in [0.3, 0.4) is 0 Å². The lowest BCUT2D eigenvalue weighted by Crippen LogP contribution is -2.45. The second-order valence-corrected chi connectivity index (χ2v) is 7.00. The predicted molar refractivity (Wildman–Crippen MR) is 94.5 cm³/mol. The molecule has 1 amide bonds. The van der Waals surface area contributed by atoms with Crippen LogP contribution in [0, 0.1) is 0 Å². The maximum Gasteiger partial charge on any atom is 0.269 e. The molecule has 0 atom stereocenters. The number of anilines is 1. The van der Waals surface area contributed by atoms with Crippen molar-refractivity contribution in [1.29, 1.82) is 0 Å². The zero-order valence-corrected chi connectivity index (χ0v) is 14.6. The maximum absolute atomic E-state index is 12.3. The van der Waals surface area contributed by atoms with Gasteiger partial charge in [0.2, 0.25) is 0 Å². The van der Waals surface area contributed by atoms with E-state index in [4.69, 9.17) is 0 Å². The lowest BCUT2D eigenvalue weighted by molar-refractivity contribution is 0.0921. The van der Waals surface area contributed by atoms with Crippen molar-refractivity contribution in [1.82, 2.24) is 25.1 Å². The van der Waals surface area contributed by atoms with Gasteiger partial charge < -0.3 is 10.2 Å². The summed E-state index contributed by atoms with van der Waals surface area (Å²) in [5.41, 5.74) is 1.78. The van der Waals surface area contributed by atoms with E-state index in [9.17, 15) is 4.79 Å². The Morgan fingerprint density at radius 1 is 1.20 bits per heavy atom. The van der Waals surface area contributed by atoms with Crippen LogP contribution in [-0.2, 0) is 7.05 Å². The van der Waals surface area contributed by atoms with Gasteiger partial charge in [-0.3, -0.25) is 9.48 Å². The molecule has 25 heavy (non-hydrogen) atoms. The lowest BCUT2D eigenvalue weighted by atomic mass is 9.83. The Hall–Kier alpha value is -2.44. The molecule has 1 aliphatic heterocycles. The molecule has 0 spiro atoms. The normalized spacial score (nSPS) is 18.8. The Balaban J connectivity index is 1.34. The zero-order valence-electron chi connectivity index (χ0n) is 14.6. The molecule has 7 heteroatoms. The summed E-state index contributed by atoms with van der Waals surface area (Å²) in [6.07, 6.45) is 8.99. The summed E-state index contributed by atoms with van der Waals surface area (Å²) in [6, 6.07) is 4.10. The van der Waals surface area contributed by atoms with Gasteiger partial charge in [0.05, 0.1) is 0 Å². The monoisotopic (exact) mass is 340 g/mol. The van der Waals surface area contributed by atoms with Gasteiger partial charge >= 0.3 is 0 Å². The molecular formula is C18H24N6O. The third-order valence-corrected chi connectivity index (χ3v) is 5.40. The first-order valence-electron chi connectivity index (χ1n) is 9.06. The van der Waals surface area contributed by atoms with Crippen LogP contribution in [-0.4, -0.2) is 44.8 Å². The van der Waals surface area contributed by atoms with Gasteiger partial charge in [-0.05, 0) is 31.7 Å². The van der Waals surface area contributed by atoms with Crippen LogP contribution in [0.15, 0.2) is 24.7 Å². The summed E-state index contributed by atoms with van der Waals surface area (Å²) in [5, 5.41) is 7.17. The summed E-state index contributed by atoms with van der Waals surface area (Å²) in [7, 11) is 1.78. The Morgan fingerprint density at radius 2 is 2.00 bits per heavy atom. The summed E-state index contributed by atoms with van der Waals surface area (Å²) >= 11 is 0. The molecule has 0 bridgehead atoms. The fraction of sp³-hybridized carbons (Fsp3) is 0.556. The molecule has 7 nitrogen and oxygen atoms in total. The Morgan fingerprint density at radius 3 is 2.64 bits per heavy atom. The molecule has 4 rings (SSSR count). The average Bonchev–Trinajstić information content (AvgIpc) is 3.00. The van der Waals surface area contributed by atoms with Gasteiger partial charge in [0.1, 0.15) is 17.8 Å². The number of carbonyl (C=O) groups excluding carboxylic acids is 1. The van der Waals surface area contributed by atoms with E-state index in [2.05, 4.69) is 31.3 Å². The summed E-state index contributed by atoms with van der Waals surface area (Å²) in [4.78, 5) is 23.5. The van der Waals surface area contributed by atoms with Crippen molar-refractivity contribution in [3.63, 3.8) is 0 Å². The van der Waals surface area contributed by atoms with Crippen molar-refractivity contribution >= 4 is 11.7 Å². The average molecular weight is 340 g/mol. The Labute approximate surface area is 147 Å². The van der Waals surface area contributed by atoms with Crippen molar-refractivity contribution in [2.24, 2.45) is 7.05 Å². The third kappa shape index (κ3) is 3.36. The fourth-order valence-corrected chi connectivity index (χ4v) is 3.57. The fourth-order valence-electron chi connectivity index (χ4n) is 3.57. The molecule has 0 radical (unpaired) electrons. The summed E-state index contributed by atoms with van der Waals surface area (Å²) < 4.78 is 1.60. The third-order valence-electron chi connectivity index (χ3n) is 5.40. The van der Waals surface area contributed by atoms with Crippen molar-refractivity contribution in [3.8, 4) is 0 Å². The van der Waals surface area contributed by atoms with Gasteiger partial charge in [-0.15, -0.1) is 0 Å². The van der Waals surface area contributed by atoms with Crippen molar-refractivity contribution < 1.29 is 4.79 Å². The van der Waals surface area contributed by atoms with E-state index < -0.39 is 0 Å². The molecule has 0 unspecified atom stereocenters. The molecule has 0 aromatic carbocycles. The SMILES string of the molecule is Cn1nccc1C(=O)NC1CCN(c2cc(C3CCC3)ncn2)CC1. The minimum absolute atomic E-state index is 0.0484. The van der Waals surface area contributed by atoms with Crippen molar-refractivity contribution in [3.05, 3.63) is 36.0 Å². The minimum Gasteiger partial charge on any atom is -0.356 e. The number of amides is 1. The van der Waals surface area contributed by atoms with Gasteiger partial charge in [0.25, 0.3) is 5.91 Å². The lowest BCUT2D eigenvalue weighted by Gasteiger charge is -2.33. The molecule has 1 saturated carbocycles. The largest absolute Gasteiger partial charge is 0.356 e. The van der Waals surface area contributed by atoms with Crippen LogP contribution >= 0.6 is 0 Å². The Kier molecular flexibility index (Phi) is 4.38. The van der Waals surface area contributed by atoms with Gasteiger partial charge in [-0.25, -0.2) is 9.97 Å². The number of hydrogen-bond acceptors (Lipinski definition) is 5. The van der Waals surface area contributed by atoms with E-state index in [1.54, 1.807) is 30.3 Å². The molecule has 1 N–H and O–H groups in total. The number of nitrogens with one attached hydrogen (secondary N) is 1. The number of aromatic nitrogens is 4. The number of piperidine rings is 1. The van der Waals surface area contributed by atoms with Gasteiger partial charge in [0, 0.05) is 50.1 Å². The second kappa shape index (κ2) is 6.82. The van der Waals surface area contributed by atoms with E-state index >= 15 is 0 Å². The van der Waals surface area contributed by atoms with Crippen LogP contribution in [0.4, 0.5) is 5.82 Å². The van der Waals surface area contributed by atoms with E-state index in [1.165, 1.54) is 25.0 Å². The van der Waals surface area contributed by atoms with Crippen LogP contribution in [0.5, 0.6) is 0 Å². The molecule has 132 valence electrons. The predicted octanol–water partition coefficient (Wildman–Crippen LogP) is 1.88. The highest BCUT2D eigenvalue weighted by atomic mass is 16.2. The highest BCUT2D eigenvalue weighted by Crippen LogP contribution is 2.36.